The smallest absolute Gasteiger partial charge is 0.279 e. The molecule has 0 bridgehead atoms. The third-order valence-electron chi connectivity index (χ3n) is 3.90. The predicted octanol–water partition coefficient (Wildman–Crippen LogP) is 2.59. The Balaban J connectivity index is 1.86. The SMILES string of the molecule is CCOc1cc(C2CC2)ccc1-c1nc2[nH]cnc2c(=O)[nH]1. The number of H-pyrrole nitrogens is 2. The number of hydrogen-bond donors (Lipinski definition) is 2. The molecule has 112 valence electrons. The molecule has 2 N–H and O–H groups in total. The third-order valence-corrected chi connectivity index (χ3v) is 3.90. The van der Waals surface area contributed by atoms with Gasteiger partial charge in [-0.05, 0) is 43.4 Å². The second-order valence-electron chi connectivity index (χ2n) is 5.48. The number of fused-ring (bicyclic) bond motifs is 1. The summed E-state index contributed by atoms with van der Waals surface area (Å²) in [6.07, 6.45) is 3.94. The monoisotopic (exact) mass is 296 g/mol. The molecule has 1 fully saturated rings. The van der Waals surface area contributed by atoms with E-state index < -0.39 is 0 Å². The quantitative estimate of drug-likeness (QED) is 0.775. The van der Waals surface area contributed by atoms with Crippen molar-refractivity contribution in [1.82, 2.24) is 19.9 Å². The lowest BCUT2D eigenvalue weighted by molar-refractivity contribution is 0.341. The zero-order valence-electron chi connectivity index (χ0n) is 12.2. The van der Waals surface area contributed by atoms with Crippen molar-refractivity contribution in [3.8, 4) is 17.1 Å². The second-order valence-corrected chi connectivity index (χ2v) is 5.48. The van der Waals surface area contributed by atoms with Crippen LogP contribution >= 0.6 is 0 Å². The summed E-state index contributed by atoms with van der Waals surface area (Å²) in [6.45, 7) is 2.51. The summed E-state index contributed by atoms with van der Waals surface area (Å²) in [5.41, 5.74) is 2.62. The average Bonchev–Trinajstić information content (AvgIpc) is 3.25. The fourth-order valence-electron chi connectivity index (χ4n) is 2.65. The first kappa shape index (κ1) is 13.1. The summed E-state index contributed by atoms with van der Waals surface area (Å²) in [6, 6.07) is 6.12. The highest BCUT2D eigenvalue weighted by atomic mass is 16.5. The molecule has 3 aromatic rings. The summed E-state index contributed by atoms with van der Waals surface area (Å²) >= 11 is 0. The van der Waals surface area contributed by atoms with Crippen molar-refractivity contribution >= 4 is 11.2 Å². The van der Waals surface area contributed by atoms with Gasteiger partial charge < -0.3 is 14.7 Å². The molecule has 6 heteroatoms. The molecule has 0 spiro atoms. The first-order valence-electron chi connectivity index (χ1n) is 7.46. The summed E-state index contributed by atoms with van der Waals surface area (Å²) in [7, 11) is 0. The maximum atomic E-state index is 12.1. The Kier molecular flexibility index (Phi) is 2.96. The van der Waals surface area contributed by atoms with Gasteiger partial charge in [0.15, 0.2) is 11.2 Å². The number of nitrogens with one attached hydrogen (secondary N) is 2. The van der Waals surface area contributed by atoms with Gasteiger partial charge in [-0.1, -0.05) is 6.07 Å². The number of aromatic amines is 2. The Morgan fingerprint density at radius 2 is 2.23 bits per heavy atom. The van der Waals surface area contributed by atoms with Crippen LogP contribution in [-0.4, -0.2) is 26.5 Å². The van der Waals surface area contributed by atoms with Gasteiger partial charge in [0.1, 0.15) is 11.6 Å². The van der Waals surface area contributed by atoms with Crippen LogP contribution in [0.5, 0.6) is 5.75 Å². The fraction of sp³-hybridized carbons (Fsp3) is 0.312. The van der Waals surface area contributed by atoms with Crippen molar-refractivity contribution in [2.45, 2.75) is 25.7 Å². The van der Waals surface area contributed by atoms with Crippen LogP contribution in [0.25, 0.3) is 22.6 Å². The van der Waals surface area contributed by atoms with Gasteiger partial charge in [0, 0.05) is 0 Å². The molecule has 1 aromatic carbocycles. The van der Waals surface area contributed by atoms with E-state index >= 15 is 0 Å². The van der Waals surface area contributed by atoms with Gasteiger partial charge >= 0.3 is 0 Å². The third kappa shape index (κ3) is 2.16. The topological polar surface area (TPSA) is 83.7 Å². The molecule has 1 aliphatic carbocycles. The number of rotatable bonds is 4. The molecule has 1 aliphatic rings. The van der Waals surface area contributed by atoms with Crippen LogP contribution in [0, 0.1) is 0 Å². The Morgan fingerprint density at radius 1 is 1.36 bits per heavy atom. The van der Waals surface area contributed by atoms with Crippen LogP contribution in [0.15, 0.2) is 29.3 Å². The van der Waals surface area contributed by atoms with Gasteiger partial charge in [-0.3, -0.25) is 4.79 Å². The van der Waals surface area contributed by atoms with Gasteiger partial charge in [0.2, 0.25) is 0 Å². The highest BCUT2D eigenvalue weighted by Crippen LogP contribution is 2.42. The summed E-state index contributed by atoms with van der Waals surface area (Å²) in [5, 5.41) is 0. The van der Waals surface area contributed by atoms with Gasteiger partial charge in [-0.2, -0.15) is 0 Å². The maximum Gasteiger partial charge on any atom is 0.279 e. The largest absolute Gasteiger partial charge is 0.493 e. The molecule has 0 saturated heterocycles. The minimum atomic E-state index is -0.255. The molecule has 6 nitrogen and oxygen atoms in total. The lowest BCUT2D eigenvalue weighted by atomic mass is 10.1. The van der Waals surface area contributed by atoms with Gasteiger partial charge in [-0.15, -0.1) is 0 Å². The average molecular weight is 296 g/mol. The zero-order valence-corrected chi connectivity index (χ0v) is 12.2. The van der Waals surface area contributed by atoms with E-state index in [1.807, 2.05) is 13.0 Å². The number of imidazole rings is 1. The van der Waals surface area contributed by atoms with Crippen LogP contribution in [0.4, 0.5) is 0 Å². The number of nitrogens with zero attached hydrogens (tertiary/aromatic N) is 2. The number of aromatic nitrogens is 4. The zero-order chi connectivity index (χ0) is 15.1. The van der Waals surface area contributed by atoms with Crippen LogP contribution in [0.1, 0.15) is 31.2 Å². The van der Waals surface area contributed by atoms with E-state index in [1.54, 1.807) is 0 Å². The maximum absolute atomic E-state index is 12.1. The molecule has 1 saturated carbocycles. The molecule has 0 unspecified atom stereocenters. The normalized spacial score (nSPS) is 14.4. The lowest BCUT2D eigenvalue weighted by Gasteiger charge is -2.11. The molecule has 2 aromatic heterocycles. The molecule has 0 aliphatic heterocycles. The van der Waals surface area contributed by atoms with E-state index in [4.69, 9.17) is 4.74 Å². The molecule has 0 atom stereocenters. The van der Waals surface area contributed by atoms with Crippen molar-refractivity contribution in [2.75, 3.05) is 6.61 Å². The van der Waals surface area contributed by atoms with E-state index in [0.717, 1.165) is 11.3 Å². The van der Waals surface area contributed by atoms with Crippen molar-refractivity contribution in [2.24, 2.45) is 0 Å². The first-order chi connectivity index (χ1) is 10.8. The summed E-state index contributed by atoms with van der Waals surface area (Å²) in [4.78, 5) is 26.1. The minimum Gasteiger partial charge on any atom is -0.493 e. The van der Waals surface area contributed by atoms with Crippen molar-refractivity contribution in [3.63, 3.8) is 0 Å². The second kappa shape index (κ2) is 4.98. The number of hydrogen-bond acceptors (Lipinski definition) is 4. The van der Waals surface area contributed by atoms with Crippen LogP contribution in [-0.2, 0) is 0 Å². The van der Waals surface area contributed by atoms with Gasteiger partial charge in [0.25, 0.3) is 5.56 Å². The minimum absolute atomic E-state index is 0.255. The van der Waals surface area contributed by atoms with Crippen LogP contribution in [0.3, 0.4) is 0 Å². The highest BCUT2D eigenvalue weighted by molar-refractivity contribution is 5.73. The predicted molar refractivity (Wildman–Crippen MR) is 83.1 cm³/mol. The number of benzene rings is 1. The van der Waals surface area contributed by atoms with E-state index in [1.165, 1.54) is 24.7 Å². The Bertz CT molecular complexity index is 893. The van der Waals surface area contributed by atoms with E-state index in [-0.39, 0.29) is 5.56 Å². The number of ether oxygens (including phenoxy) is 1. The molecule has 2 heterocycles. The van der Waals surface area contributed by atoms with E-state index in [0.29, 0.717) is 29.5 Å². The molecule has 4 rings (SSSR count). The summed E-state index contributed by atoms with van der Waals surface area (Å²) in [5.74, 6) is 1.90. The summed E-state index contributed by atoms with van der Waals surface area (Å²) < 4.78 is 5.76. The molecular formula is C16H16N4O2. The molecule has 22 heavy (non-hydrogen) atoms. The van der Waals surface area contributed by atoms with E-state index in [2.05, 4.69) is 32.1 Å². The Hall–Kier alpha value is -2.63. The Morgan fingerprint density at radius 3 is 3.00 bits per heavy atom. The first-order valence-corrected chi connectivity index (χ1v) is 7.46. The van der Waals surface area contributed by atoms with Crippen molar-refractivity contribution in [3.05, 3.63) is 40.4 Å². The van der Waals surface area contributed by atoms with Gasteiger partial charge in [0.05, 0.1) is 18.5 Å². The van der Waals surface area contributed by atoms with Crippen LogP contribution < -0.4 is 10.3 Å². The molecule has 0 radical (unpaired) electrons. The highest BCUT2D eigenvalue weighted by Gasteiger charge is 2.25. The van der Waals surface area contributed by atoms with Crippen LogP contribution in [0.2, 0.25) is 0 Å². The molecule has 0 amide bonds. The fourth-order valence-corrected chi connectivity index (χ4v) is 2.65. The van der Waals surface area contributed by atoms with Crippen molar-refractivity contribution in [1.29, 1.82) is 0 Å². The van der Waals surface area contributed by atoms with E-state index in [9.17, 15) is 4.79 Å². The standard InChI is InChI=1S/C16H16N4O2/c1-2-22-12-7-10(9-3-4-9)5-6-11(12)14-19-15-13(16(21)20-14)17-8-18-15/h5-9H,2-4H2,1H3,(H2,17,18,19,20,21). The van der Waals surface area contributed by atoms with Gasteiger partial charge in [-0.25, -0.2) is 9.97 Å². The Labute approximate surface area is 126 Å². The van der Waals surface area contributed by atoms with Crippen molar-refractivity contribution < 1.29 is 4.74 Å². The molecular weight excluding hydrogens is 280 g/mol. The lowest BCUT2D eigenvalue weighted by Crippen LogP contribution is -2.10.